The summed E-state index contributed by atoms with van der Waals surface area (Å²) in [6.45, 7) is 7.00. The molecule has 2 rings (SSSR count). The van der Waals surface area contributed by atoms with Crippen LogP contribution in [0.15, 0.2) is 10.5 Å². The number of aryl methyl sites for hydroxylation is 1. The zero-order chi connectivity index (χ0) is 14.2. The normalized spacial score (nSPS) is 11.1. The molecule has 110 valence electrons. The Kier molecular flexibility index (Phi) is 6.41. The van der Waals surface area contributed by atoms with E-state index in [0.29, 0.717) is 0 Å². The van der Waals surface area contributed by atoms with E-state index in [4.69, 9.17) is 0 Å². The molecular weight excluding hydrogens is 292 g/mol. The molecule has 0 aromatic carbocycles. The van der Waals surface area contributed by atoms with E-state index < -0.39 is 0 Å². The second-order valence-corrected chi connectivity index (χ2v) is 6.19. The van der Waals surface area contributed by atoms with Crippen molar-refractivity contribution in [2.45, 2.75) is 44.1 Å². The van der Waals surface area contributed by atoms with Gasteiger partial charge in [-0.1, -0.05) is 25.6 Å². The molecule has 0 atom stereocenters. The zero-order valence-corrected chi connectivity index (χ0v) is 13.5. The first-order valence-corrected chi connectivity index (χ1v) is 8.73. The Hall–Kier alpha value is -0.990. The molecular formula is C12H20N6S2. The molecule has 0 aliphatic heterocycles. The van der Waals surface area contributed by atoms with E-state index in [1.807, 2.05) is 4.68 Å². The number of nitrogens with zero attached hydrogens (tertiary/aromatic N) is 5. The molecule has 0 aliphatic carbocycles. The van der Waals surface area contributed by atoms with E-state index >= 15 is 0 Å². The molecule has 6 nitrogen and oxygen atoms in total. The lowest BCUT2D eigenvalue weighted by Gasteiger charge is -2.04. The third-order valence-electron chi connectivity index (χ3n) is 2.68. The van der Waals surface area contributed by atoms with Crippen LogP contribution >= 0.6 is 23.1 Å². The Labute approximate surface area is 127 Å². The number of hydrogen-bond donors (Lipinski definition) is 1. The smallest absolute Gasteiger partial charge is 0.209 e. The second kappa shape index (κ2) is 8.33. The number of tetrazole rings is 1. The second-order valence-electron chi connectivity index (χ2n) is 4.31. The van der Waals surface area contributed by atoms with E-state index in [2.05, 4.69) is 45.1 Å². The van der Waals surface area contributed by atoms with Gasteiger partial charge in [0.25, 0.3) is 0 Å². The van der Waals surface area contributed by atoms with E-state index in [1.165, 1.54) is 5.01 Å². The Balaban J connectivity index is 1.82. The maximum Gasteiger partial charge on any atom is 0.209 e. The van der Waals surface area contributed by atoms with E-state index in [9.17, 15) is 0 Å². The third kappa shape index (κ3) is 4.53. The molecule has 0 radical (unpaired) electrons. The summed E-state index contributed by atoms with van der Waals surface area (Å²) in [6.07, 6.45) is 2.14. The molecule has 2 heterocycles. The summed E-state index contributed by atoms with van der Waals surface area (Å²) in [5.41, 5.74) is 1.11. The van der Waals surface area contributed by atoms with E-state index in [0.717, 1.165) is 49.1 Å². The van der Waals surface area contributed by atoms with Crippen molar-refractivity contribution in [3.8, 4) is 0 Å². The standard InChI is InChI=1S/C12H20N6S2/c1-3-5-13-6-7-18-12(15-16-17-18)20-9-10-8-19-11(4-2)14-10/h8,13H,3-7,9H2,1-2H3. The van der Waals surface area contributed by atoms with Gasteiger partial charge in [0.05, 0.1) is 17.2 Å². The molecule has 0 saturated heterocycles. The largest absolute Gasteiger partial charge is 0.315 e. The third-order valence-corrected chi connectivity index (χ3v) is 4.71. The molecule has 0 saturated carbocycles. The molecule has 1 N–H and O–H groups in total. The van der Waals surface area contributed by atoms with Crippen LogP contribution in [-0.4, -0.2) is 38.3 Å². The van der Waals surface area contributed by atoms with Gasteiger partial charge < -0.3 is 5.32 Å². The highest BCUT2D eigenvalue weighted by Gasteiger charge is 2.08. The quantitative estimate of drug-likeness (QED) is 0.564. The summed E-state index contributed by atoms with van der Waals surface area (Å²) in [7, 11) is 0. The van der Waals surface area contributed by atoms with Gasteiger partial charge in [-0.05, 0) is 29.8 Å². The molecule has 0 amide bonds. The van der Waals surface area contributed by atoms with Crippen molar-refractivity contribution in [2.24, 2.45) is 0 Å². The number of hydrogen-bond acceptors (Lipinski definition) is 7. The van der Waals surface area contributed by atoms with Gasteiger partial charge in [-0.2, -0.15) is 0 Å². The average Bonchev–Trinajstić information content (AvgIpc) is 3.10. The minimum Gasteiger partial charge on any atom is -0.315 e. The van der Waals surface area contributed by atoms with E-state index in [-0.39, 0.29) is 0 Å². The SMILES string of the molecule is CCCNCCn1nnnc1SCc1csc(CC)n1. The van der Waals surface area contributed by atoms with Crippen LogP contribution in [0.2, 0.25) is 0 Å². The fraction of sp³-hybridized carbons (Fsp3) is 0.667. The number of nitrogens with one attached hydrogen (secondary N) is 1. The predicted octanol–water partition coefficient (Wildman–Crippen LogP) is 1.98. The molecule has 20 heavy (non-hydrogen) atoms. The van der Waals surface area contributed by atoms with Crippen molar-refractivity contribution in [2.75, 3.05) is 13.1 Å². The predicted molar refractivity (Wildman–Crippen MR) is 82.0 cm³/mol. The van der Waals surface area contributed by atoms with Gasteiger partial charge in [-0.3, -0.25) is 0 Å². The summed E-state index contributed by atoms with van der Waals surface area (Å²) in [5.74, 6) is 0.819. The van der Waals surface area contributed by atoms with Gasteiger partial charge in [-0.25, -0.2) is 9.67 Å². The monoisotopic (exact) mass is 312 g/mol. The maximum absolute atomic E-state index is 4.55. The van der Waals surface area contributed by atoms with Gasteiger partial charge in [0.15, 0.2) is 0 Å². The van der Waals surface area contributed by atoms with Crippen molar-refractivity contribution < 1.29 is 0 Å². The van der Waals surface area contributed by atoms with Gasteiger partial charge in [-0.15, -0.1) is 16.4 Å². The summed E-state index contributed by atoms with van der Waals surface area (Å²) in [6, 6.07) is 0. The van der Waals surface area contributed by atoms with Crippen molar-refractivity contribution >= 4 is 23.1 Å². The molecule has 0 fully saturated rings. The lowest BCUT2D eigenvalue weighted by molar-refractivity contribution is 0.510. The fourth-order valence-electron chi connectivity index (χ4n) is 1.64. The Morgan fingerprint density at radius 3 is 3.00 bits per heavy atom. The lowest BCUT2D eigenvalue weighted by Crippen LogP contribution is -2.21. The van der Waals surface area contributed by atoms with Gasteiger partial charge in [0.2, 0.25) is 5.16 Å². The first kappa shape index (κ1) is 15.4. The van der Waals surface area contributed by atoms with Crippen LogP contribution in [-0.2, 0) is 18.7 Å². The molecule has 0 bridgehead atoms. The Morgan fingerprint density at radius 2 is 2.25 bits per heavy atom. The molecule has 8 heteroatoms. The van der Waals surface area contributed by atoms with Gasteiger partial charge in [0, 0.05) is 17.7 Å². The molecule has 0 spiro atoms. The van der Waals surface area contributed by atoms with Crippen LogP contribution in [0.5, 0.6) is 0 Å². The number of aromatic nitrogens is 5. The van der Waals surface area contributed by atoms with Crippen molar-refractivity contribution in [3.05, 3.63) is 16.1 Å². The minimum atomic E-state index is 0.798. The van der Waals surface area contributed by atoms with Gasteiger partial charge >= 0.3 is 0 Å². The number of thioether (sulfide) groups is 1. The molecule has 0 aliphatic rings. The first-order valence-electron chi connectivity index (χ1n) is 6.86. The Bertz CT molecular complexity index is 510. The zero-order valence-electron chi connectivity index (χ0n) is 11.9. The van der Waals surface area contributed by atoms with Crippen molar-refractivity contribution in [1.29, 1.82) is 0 Å². The van der Waals surface area contributed by atoms with Crippen LogP contribution in [0.4, 0.5) is 0 Å². The number of rotatable bonds is 9. The topological polar surface area (TPSA) is 68.5 Å². The van der Waals surface area contributed by atoms with Crippen LogP contribution in [0.1, 0.15) is 31.0 Å². The van der Waals surface area contributed by atoms with E-state index in [1.54, 1.807) is 23.1 Å². The summed E-state index contributed by atoms with van der Waals surface area (Å²) >= 11 is 3.36. The lowest BCUT2D eigenvalue weighted by atomic mass is 10.5. The highest BCUT2D eigenvalue weighted by atomic mass is 32.2. The average molecular weight is 312 g/mol. The molecule has 2 aromatic rings. The van der Waals surface area contributed by atoms with Crippen molar-refractivity contribution in [1.82, 2.24) is 30.5 Å². The van der Waals surface area contributed by atoms with Crippen LogP contribution in [0.25, 0.3) is 0 Å². The van der Waals surface area contributed by atoms with Crippen LogP contribution in [0, 0.1) is 0 Å². The van der Waals surface area contributed by atoms with Gasteiger partial charge in [0.1, 0.15) is 0 Å². The molecule has 2 aromatic heterocycles. The fourth-order valence-corrected chi connectivity index (χ4v) is 3.29. The highest BCUT2D eigenvalue weighted by molar-refractivity contribution is 7.98. The number of thiazole rings is 1. The Morgan fingerprint density at radius 1 is 1.35 bits per heavy atom. The molecule has 0 unspecified atom stereocenters. The maximum atomic E-state index is 4.55. The highest BCUT2D eigenvalue weighted by Crippen LogP contribution is 2.21. The van der Waals surface area contributed by atoms with Crippen LogP contribution < -0.4 is 5.32 Å². The summed E-state index contributed by atoms with van der Waals surface area (Å²) < 4.78 is 1.85. The van der Waals surface area contributed by atoms with Crippen LogP contribution in [0.3, 0.4) is 0 Å². The van der Waals surface area contributed by atoms with Crippen molar-refractivity contribution in [3.63, 3.8) is 0 Å². The summed E-state index contributed by atoms with van der Waals surface area (Å²) in [5, 5.41) is 19.3. The minimum absolute atomic E-state index is 0.798. The summed E-state index contributed by atoms with van der Waals surface area (Å²) in [4.78, 5) is 4.55. The first-order chi connectivity index (χ1) is 9.83.